The van der Waals surface area contributed by atoms with Gasteiger partial charge in [0, 0.05) is 11.6 Å². The van der Waals surface area contributed by atoms with Gasteiger partial charge in [0.25, 0.3) is 5.56 Å². The molecule has 21 heavy (non-hydrogen) atoms. The van der Waals surface area contributed by atoms with Crippen molar-refractivity contribution in [2.45, 2.75) is 6.04 Å². The highest BCUT2D eigenvalue weighted by Gasteiger charge is 2.18. The number of aromatic nitrogens is 3. The molecule has 0 radical (unpaired) electrons. The summed E-state index contributed by atoms with van der Waals surface area (Å²) in [6.07, 6.45) is 3.24. The summed E-state index contributed by atoms with van der Waals surface area (Å²) in [5.41, 5.74) is 1.08. The molecule has 0 aliphatic carbocycles. The van der Waals surface area contributed by atoms with Gasteiger partial charge in [-0.15, -0.1) is 11.3 Å². The molecule has 0 fully saturated rings. The molecule has 7 heteroatoms. The summed E-state index contributed by atoms with van der Waals surface area (Å²) in [6.45, 7) is 0. The van der Waals surface area contributed by atoms with E-state index in [0.717, 1.165) is 10.6 Å². The number of nitrogens with zero attached hydrogens (tertiary/aromatic N) is 2. The molecule has 0 aliphatic heterocycles. The van der Waals surface area contributed by atoms with Crippen molar-refractivity contribution in [1.29, 1.82) is 0 Å². The van der Waals surface area contributed by atoms with E-state index in [-0.39, 0.29) is 11.1 Å². The van der Waals surface area contributed by atoms with Crippen LogP contribution < -0.4 is 10.9 Å². The average Bonchev–Trinajstić information content (AvgIpc) is 3.04. The minimum atomic E-state index is -0.424. The summed E-state index contributed by atoms with van der Waals surface area (Å²) in [4.78, 5) is 15.9. The lowest BCUT2D eigenvalue weighted by Crippen LogP contribution is -2.16. The summed E-state index contributed by atoms with van der Waals surface area (Å²) < 4.78 is 0. The molecule has 0 spiro atoms. The van der Waals surface area contributed by atoms with Gasteiger partial charge in [-0.3, -0.25) is 4.79 Å². The Balaban J connectivity index is 2.01. The lowest BCUT2D eigenvalue weighted by molar-refractivity contribution is 0.906. The molecule has 0 aliphatic rings. The lowest BCUT2D eigenvalue weighted by atomic mass is 10.1. The van der Waals surface area contributed by atoms with Crippen molar-refractivity contribution in [3.63, 3.8) is 0 Å². The van der Waals surface area contributed by atoms with Crippen LogP contribution in [0.15, 0.2) is 52.9 Å². The van der Waals surface area contributed by atoms with Gasteiger partial charge >= 0.3 is 0 Å². The Morgan fingerprint density at radius 3 is 2.81 bits per heavy atom. The number of aromatic amines is 1. The molecule has 0 saturated heterocycles. The third-order valence-electron chi connectivity index (χ3n) is 2.93. The van der Waals surface area contributed by atoms with Crippen molar-refractivity contribution >= 4 is 28.6 Å². The fourth-order valence-corrected chi connectivity index (χ4v) is 2.81. The second-order valence-electron chi connectivity index (χ2n) is 4.29. The maximum atomic E-state index is 11.5. The molecule has 1 aromatic carbocycles. The first-order valence-corrected chi connectivity index (χ1v) is 7.45. The van der Waals surface area contributed by atoms with E-state index in [9.17, 15) is 4.79 Å². The van der Waals surface area contributed by atoms with Crippen LogP contribution in [0.5, 0.6) is 0 Å². The molecule has 5 nitrogen and oxygen atoms in total. The van der Waals surface area contributed by atoms with Crippen LogP contribution in [-0.4, -0.2) is 15.2 Å². The summed E-state index contributed by atoms with van der Waals surface area (Å²) in [5.74, 6) is 0. The number of hydrogen-bond acceptors (Lipinski definition) is 5. The van der Waals surface area contributed by atoms with Gasteiger partial charge < -0.3 is 5.32 Å². The van der Waals surface area contributed by atoms with E-state index in [0.29, 0.717) is 5.69 Å². The van der Waals surface area contributed by atoms with E-state index in [1.807, 2.05) is 35.7 Å². The SMILES string of the molecule is O=c1[nH]ncc(NC(c2ccccc2)c2nccs2)c1Cl. The topological polar surface area (TPSA) is 70.7 Å². The van der Waals surface area contributed by atoms with Crippen LogP contribution in [0.25, 0.3) is 0 Å². The van der Waals surface area contributed by atoms with Crippen LogP contribution in [0.3, 0.4) is 0 Å². The maximum Gasteiger partial charge on any atom is 0.285 e. The molecule has 0 bridgehead atoms. The van der Waals surface area contributed by atoms with E-state index in [2.05, 4.69) is 20.5 Å². The third-order valence-corrected chi connectivity index (χ3v) is 4.14. The molecule has 1 unspecified atom stereocenters. The molecule has 0 saturated carbocycles. The molecular weight excluding hydrogens is 308 g/mol. The van der Waals surface area contributed by atoms with Crippen LogP contribution in [0.4, 0.5) is 5.69 Å². The molecule has 0 amide bonds. The van der Waals surface area contributed by atoms with E-state index in [4.69, 9.17) is 11.6 Å². The zero-order valence-corrected chi connectivity index (χ0v) is 12.4. The first-order chi connectivity index (χ1) is 10.3. The second-order valence-corrected chi connectivity index (χ2v) is 5.59. The molecule has 3 aromatic rings. The molecule has 1 atom stereocenters. The highest BCUT2D eigenvalue weighted by atomic mass is 35.5. The molecule has 2 N–H and O–H groups in total. The van der Waals surface area contributed by atoms with Crippen LogP contribution in [0, 0.1) is 0 Å². The number of nitrogens with one attached hydrogen (secondary N) is 2. The van der Waals surface area contributed by atoms with Crippen molar-refractivity contribution < 1.29 is 0 Å². The lowest BCUT2D eigenvalue weighted by Gasteiger charge is -2.18. The Morgan fingerprint density at radius 2 is 2.10 bits per heavy atom. The summed E-state index contributed by atoms with van der Waals surface area (Å²) in [5, 5.41) is 12.2. The van der Waals surface area contributed by atoms with Gasteiger partial charge in [-0.05, 0) is 5.56 Å². The largest absolute Gasteiger partial charge is 0.369 e. The van der Waals surface area contributed by atoms with Crippen molar-refractivity contribution in [1.82, 2.24) is 15.2 Å². The zero-order chi connectivity index (χ0) is 14.7. The Morgan fingerprint density at radius 1 is 1.29 bits per heavy atom. The number of hydrogen-bond donors (Lipinski definition) is 2. The standard InChI is InChI=1S/C14H11ClN4OS/c15-11-10(8-17-19-13(11)20)18-12(14-16-6-7-21-14)9-4-2-1-3-5-9/h1-8,12H,(H2,18,19,20). The number of benzene rings is 1. The Labute approximate surface area is 129 Å². The molecule has 106 valence electrons. The number of H-pyrrole nitrogens is 1. The number of anilines is 1. The summed E-state index contributed by atoms with van der Waals surface area (Å²) in [6, 6.07) is 9.66. The van der Waals surface area contributed by atoms with Gasteiger partial charge in [-0.2, -0.15) is 5.10 Å². The number of rotatable bonds is 4. The van der Waals surface area contributed by atoms with Gasteiger partial charge in [0.05, 0.1) is 11.9 Å². The molecular formula is C14H11ClN4OS. The average molecular weight is 319 g/mol. The smallest absolute Gasteiger partial charge is 0.285 e. The Bertz CT molecular complexity index is 773. The minimum absolute atomic E-state index is 0.0856. The fourth-order valence-electron chi connectivity index (χ4n) is 1.95. The highest BCUT2D eigenvalue weighted by molar-refractivity contribution is 7.09. The molecule has 3 rings (SSSR count). The Hall–Kier alpha value is -2.18. The van der Waals surface area contributed by atoms with Gasteiger partial charge in [-0.1, -0.05) is 41.9 Å². The molecule has 2 heterocycles. The predicted octanol–water partition coefficient (Wildman–Crippen LogP) is 3.08. The monoisotopic (exact) mass is 318 g/mol. The third kappa shape index (κ3) is 2.96. The maximum absolute atomic E-state index is 11.5. The van der Waals surface area contributed by atoms with Crippen molar-refractivity contribution in [3.8, 4) is 0 Å². The van der Waals surface area contributed by atoms with Gasteiger partial charge in [-0.25, -0.2) is 10.1 Å². The van der Waals surface area contributed by atoms with E-state index < -0.39 is 5.56 Å². The van der Waals surface area contributed by atoms with Gasteiger partial charge in [0.1, 0.15) is 16.1 Å². The first-order valence-electron chi connectivity index (χ1n) is 6.20. The van der Waals surface area contributed by atoms with Crippen molar-refractivity contribution in [2.24, 2.45) is 0 Å². The first kappa shape index (κ1) is 13.8. The number of thiazole rings is 1. The number of halogens is 1. The molecule has 2 aromatic heterocycles. The normalized spacial score (nSPS) is 12.0. The zero-order valence-electron chi connectivity index (χ0n) is 10.8. The van der Waals surface area contributed by atoms with Crippen LogP contribution in [-0.2, 0) is 0 Å². The van der Waals surface area contributed by atoms with Gasteiger partial charge in [0.15, 0.2) is 0 Å². The van der Waals surface area contributed by atoms with E-state index >= 15 is 0 Å². The van der Waals surface area contributed by atoms with Crippen molar-refractivity contribution in [2.75, 3.05) is 5.32 Å². The van der Waals surface area contributed by atoms with E-state index in [1.54, 1.807) is 6.20 Å². The summed E-state index contributed by atoms with van der Waals surface area (Å²) in [7, 11) is 0. The Kier molecular flexibility index (Phi) is 3.98. The van der Waals surface area contributed by atoms with Crippen LogP contribution >= 0.6 is 22.9 Å². The fraction of sp³-hybridized carbons (Fsp3) is 0.0714. The van der Waals surface area contributed by atoms with Gasteiger partial charge in [0.2, 0.25) is 0 Å². The summed E-state index contributed by atoms with van der Waals surface area (Å²) >= 11 is 7.56. The predicted molar refractivity (Wildman–Crippen MR) is 83.9 cm³/mol. The van der Waals surface area contributed by atoms with Crippen LogP contribution in [0.1, 0.15) is 16.6 Å². The highest BCUT2D eigenvalue weighted by Crippen LogP contribution is 2.29. The van der Waals surface area contributed by atoms with Crippen molar-refractivity contribution in [3.05, 3.63) is 74.1 Å². The second kappa shape index (κ2) is 6.07. The quantitative estimate of drug-likeness (QED) is 0.775. The van der Waals surface area contributed by atoms with E-state index in [1.165, 1.54) is 17.5 Å². The van der Waals surface area contributed by atoms with Crippen LogP contribution in [0.2, 0.25) is 5.02 Å². The minimum Gasteiger partial charge on any atom is -0.369 e.